The molecule has 0 heterocycles. The molecule has 20 heavy (non-hydrogen) atoms. The van der Waals surface area contributed by atoms with Gasteiger partial charge in [-0.2, -0.15) is 0 Å². The van der Waals surface area contributed by atoms with Crippen LogP contribution >= 0.6 is 15.9 Å². The van der Waals surface area contributed by atoms with Crippen LogP contribution in [0, 0.1) is 6.92 Å². The van der Waals surface area contributed by atoms with Crippen molar-refractivity contribution < 1.29 is 13.5 Å². The predicted molar refractivity (Wildman–Crippen MR) is 82.1 cm³/mol. The monoisotopic (exact) mass is 355 g/mol. The van der Waals surface area contributed by atoms with Gasteiger partial charge in [0.05, 0.1) is 11.5 Å². The lowest BCUT2D eigenvalue weighted by Crippen LogP contribution is -2.13. The summed E-state index contributed by atoms with van der Waals surface area (Å²) in [5.74, 6) is 0. The summed E-state index contributed by atoms with van der Waals surface area (Å²) in [6.45, 7) is 1.64. The van der Waals surface area contributed by atoms with Crippen LogP contribution in [0.15, 0.2) is 51.8 Å². The van der Waals surface area contributed by atoms with Gasteiger partial charge >= 0.3 is 0 Å². The minimum Gasteiger partial charge on any atom is -0.392 e. The number of hydrogen-bond acceptors (Lipinski definition) is 3. The molecule has 0 atom stereocenters. The average molecular weight is 356 g/mol. The first-order valence-electron chi connectivity index (χ1n) is 5.91. The lowest BCUT2D eigenvalue weighted by Gasteiger charge is -2.10. The summed E-state index contributed by atoms with van der Waals surface area (Å²) in [6, 6.07) is 11.5. The van der Waals surface area contributed by atoms with Crippen LogP contribution in [0.2, 0.25) is 0 Å². The van der Waals surface area contributed by atoms with Crippen molar-refractivity contribution in [2.45, 2.75) is 18.4 Å². The Morgan fingerprint density at radius 3 is 2.40 bits per heavy atom. The van der Waals surface area contributed by atoms with Crippen molar-refractivity contribution in [2.75, 3.05) is 4.72 Å². The number of sulfonamides is 1. The van der Waals surface area contributed by atoms with Crippen molar-refractivity contribution in [1.82, 2.24) is 0 Å². The summed E-state index contributed by atoms with van der Waals surface area (Å²) in [6.07, 6.45) is 0. The van der Waals surface area contributed by atoms with Crippen LogP contribution in [-0.4, -0.2) is 13.5 Å². The molecule has 0 amide bonds. The zero-order chi connectivity index (χ0) is 14.8. The maximum absolute atomic E-state index is 12.3. The van der Waals surface area contributed by atoms with Crippen molar-refractivity contribution in [3.05, 3.63) is 58.1 Å². The first-order valence-corrected chi connectivity index (χ1v) is 8.19. The molecule has 0 spiro atoms. The molecule has 4 nitrogen and oxygen atoms in total. The molecule has 0 unspecified atom stereocenters. The summed E-state index contributed by atoms with van der Waals surface area (Å²) >= 11 is 3.29. The van der Waals surface area contributed by atoms with Crippen LogP contribution in [0.1, 0.15) is 11.1 Å². The fourth-order valence-corrected chi connectivity index (χ4v) is 3.09. The molecule has 0 aliphatic carbocycles. The third kappa shape index (κ3) is 3.39. The fraction of sp³-hybridized carbons (Fsp3) is 0.143. The summed E-state index contributed by atoms with van der Waals surface area (Å²) in [4.78, 5) is 0.134. The second-order valence-corrected chi connectivity index (χ2v) is 6.96. The normalized spacial score (nSPS) is 11.3. The van der Waals surface area contributed by atoms with Gasteiger partial charge in [0.1, 0.15) is 0 Å². The molecule has 0 fully saturated rings. The molecule has 0 aromatic heterocycles. The van der Waals surface area contributed by atoms with E-state index < -0.39 is 10.0 Å². The van der Waals surface area contributed by atoms with E-state index in [2.05, 4.69) is 20.7 Å². The topological polar surface area (TPSA) is 66.4 Å². The van der Waals surface area contributed by atoms with Crippen LogP contribution in [0.5, 0.6) is 0 Å². The van der Waals surface area contributed by atoms with Gasteiger partial charge in [0.15, 0.2) is 0 Å². The third-order valence-corrected chi connectivity index (χ3v) is 4.81. The van der Waals surface area contributed by atoms with Crippen LogP contribution in [0.3, 0.4) is 0 Å². The van der Waals surface area contributed by atoms with Gasteiger partial charge in [-0.3, -0.25) is 4.72 Å². The van der Waals surface area contributed by atoms with Crippen LogP contribution in [-0.2, 0) is 16.6 Å². The maximum atomic E-state index is 12.3. The van der Waals surface area contributed by atoms with Gasteiger partial charge in [-0.1, -0.05) is 22.0 Å². The summed E-state index contributed by atoms with van der Waals surface area (Å²) in [5.41, 5.74) is 1.94. The van der Waals surface area contributed by atoms with Gasteiger partial charge in [0.25, 0.3) is 10.0 Å². The minimum absolute atomic E-state index is 0.134. The lowest BCUT2D eigenvalue weighted by molar-refractivity contribution is 0.281. The molecule has 2 N–H and O–H groups in total. The van der Waals surface area contributed by atoms with Crippen molar-refractivity contribution in [3.8, 4) is 0 Å². The number of hydrogen-bond donors (Lipinski definition) is 2. The van der Waals surface area contributed by atoms with E-state index in [1.54, 1.807) is 30.3 Å². The van der Waals surface area contributed by atoms with Gasteiger partial charge in [0.2, 0.25) is 0 Å². The molecular weight excluding hydrogens is 342 g/mol. The van der Waals surface area contributed by atoms with E-state index in [0.29, 0.717) is 11.3 Å². The van der Waals surface area contributed by atoms with E-state index in [1.807, 2.05) is 6.92 Å². The summed E-state index contributed by atoms with van der Waals surface area (Å²) in [7, 11) is -3.65. The average Bonchev–Trinajstić information content (AvgIpc) is 2.41. The Bertz CT molecular complexity index is 712. The molecule has 2 aromatic rings. The molecule has 2 rings (SSSR count). The van der Waals surface area contributed by atoms with Gasteiger partial charge in [0, 0.05) is 10.2 Å². The fourth-order valence-electron chi connectivity index (χ4n) is 1.72. The predicted octanol–water partition coefficient (Wildman–Crippen LogP) is 3.05. The van der Waals surface area contributed by atoms with E-state index in [4.69, 9.17) is 0 Å². The Morgan fingerprint density at radius 2 is 1.80 bits per heavy atom. The molecule has 0 saturated carbocycles. The summed E-state index contributed by atoms with van der Waals surface area (Å²) < 4.78 is 27.9. The smallest absolute Gasteiger partial charge is 0.261 e. The minimum atomic E-state index is -3.65. The zero-order valence-electron chi connectivity index (χ0n) is 10.8. The number of aryl methyl sites for hydroxylation is 1. The van der Waals surface area contributed by atoms with Crippen molar-refractivity contribution in [2.24, 2.45) is 0 Å². The first kappa shape index (κ1) is 15.0. The van der Waals surface area contributed by atoms with E-state index >= 15 is 0 Å². The Hall–Kier alpha value is -1.37. The molecule has 0 saturated heterocycles. The van der Waals surface area contributed by atoms with E-state index in [0.717, 1.165) is 10.0 Å². The third-order valence-electron chi connectivity index (χ3n) is 2.90. The maximum Gasteiger partial charge on any atom is 0.261 e. The van der Waals surface area contributed by atoms with Gasteiger partial charge in [-0.15, -0.1) is 0 Å². The zero-order valence-corrected chi connectivity index (χ0v) is 13.2. The largest absolute Gasteiger partial charge is 0.392 e. The number of anilines is 1. The number of aliphatic hydroxyl groups is 1. The van der Waals surface area contributed by atoms with Crippen LogP contribution < -0.4 is 4.72 Å². The Balaban J connectivity index is 2.33. The molecule has 0 bridgehead atoms. The second-order valence-electron chi connectivity index (χ2n) is 4.36. The molecule has 0 aliphatic rings. The molecular formula is C14H14BrNO3S. The number of halogens is 1. The lowest BCUT2D eigenvalue weighted by atomic mass is 10.1. The second kappa shape index (κ2) is 5.95. The Kier molecular flexibility index (Phi) is 4.47. The van der Waals surface area contributed by atoms with Gasteiger partial charge in [-0.05, 0) is 54.4 Å². The Labute approximate surface area is 126 Å². The highest BCUT2D eigenvalue weighted by molar-refractivity contribution is 9.10. The molecule has 0 radical (unpaired) electrons. The SMILES string of the molecule is Cc1ccc(S(=O)(=O)Nc2ccc(Br)cc2)cc1CO. The quantitative estimate of drug-likeness (QED) is 0.885. The summed E-state index contributed by atoms with van der Waals surface area (Å²) in [5, 5.41) is 9.21. The number of rotatable bonds is 4. The van der Waals surface area contributed by atoms with E-state index in [1.165, 1.54) is 12.1 Å². The van der Waals surface area contributed by atoms with Crippen molar-refractivity contribution in [1.29, 1.82) is 0 Å². The van der Waals surface area contributed by atoms with Crippen LogP contribution in [0.25, 0.3) is 0 Å². The van der Waals surface area contributed by atoms with Gasteiger partial charge < -0.3 is 5.11 Å². The first-order chi connectivity index (χ1) is 9.42. The van der Waals surface area contributed by atoms with Crippen LogP contribution in [0.4, 0.5) is 5.69 Å². The molecule has 2 aromatic carbocycles. The number of benzene rings is 2. The highest BCUT2D eigenvalue weighted by atomic mass is 79.9. The van der Waals surface area contributed by atoms with E-state index in [-0.39, 0.29) is 11.5 Å². The van der Waals surface area contributed by atoms with Crippen molar-refractivity contribution in [3.63, 3.8) is 0 Å². The standard InChI is InChI=1S/C14H14BrNO3S/c1-10-2-7-14(8-11(10)9-17)20(18,19)16-13-5-3-12(15)4-6-13/h2-8,16-17H,9H2,1H3. The van der Waals surface area contributed by atoms with Crippen molar-refractivity contribution >= 4 is 31.6 Å². The molecule has 6 heteroatoms. The van der Waals surface area contributed by atoms with E-state index in [9.17, 15) is 13.5 Å². The molecule has 106 valence electrons. The van der Waals surface area contributed by atoms with Gasteiger partial charge in [-0.25, -0.2) is 8.42 Å². The Morgan fingerprint density at radius 1 is 1.15 bits per heavy atom. The molecule has 0 aliphatic heterocycles. The number of nitrogens with one attached hydrogen (secondary N) is 1. The highest BCUT2D eigenvalue weighted by Crippen LogP contribution is 2.20. The highest BCUT2D eigenvalue weighted by Gasteiger charge is 2.15. The number of aliphatic hydroxyl groups excluding tert-OH is 1.